The van der Waals surface area contributed by atoms with Crippen LogP contribution in [0.4, 0.5) is 5.69 Å². The molecule has 1 amide bonds. The van der Waals surface area contributed by atoms with Gasteiger partial charge in [-0.25, -0.2) is 0 Å². The molecule has 164 valence electrons. The topological polar surface area (TPSA) is 81.5 Å². The van der Waals surface area contributed by atoms with Gasteiger partial charge in [0.1, 0.15) is 12.4 Å². The average molecular weight is 438 g/mol. The van der Waals surface area contributed by atoms with Gasteiger partial charge >= 0.3 is 0 Å². The van der Waals surface area contributed by atoms with Crippen LogP contribution in [0.1, 0.15) is 11.1 Å². The molecule has 0 aliphatic heterocycles. The van der Waals surface area contributed by atoms with Crippen LogP contribution in [0, 0.1) is 10.1 Å². The van der Waals surface area contributed by atoms with Gasteiger partial charge in [-0.2, -0.15) is 0 Å². The van der Waals surface area contributed by atoms with E-state index < -0.39 is 4.92 Å². The van der Waals surface area contributed by atoms with Crippen molar-refractivity contribution in [3.63, 3.8) is 0 Å². The Morgan fingerprint density at radius 3 is 2.42 bits per heavy atom. The van der Waals surface area contributed by atoms with Crippen molar-refractivity contribution >= 4 is 34.0 Å². The van der Waals surface area contributed by atoms with Gasteiger partial charge in [-0.15, -0.1) is 0 Å². The van der Waals surface area contributed by atoms with E-state index in [1.54, 1.807) is 18.2 Å². The van der Waals surface area contributed by atoms with Crippen LogP contribution in [0.15, 0.2) is 97.1 Å². The quantitative estimate of drug-likeness (QED) is 0.130. The number of carbonyl (C=O) groups is 1. The Morgan fingerprint density at radius 1 is 0.879 bits per heavy atom. The Bertz CT molecular complexity index is 1320. The molecule has 0 aromatic heterocycles. The number of hydrogen-bond donors (Lipinski definition) is 1. The predicted octanol–water partition coefficient (Wildman–Crippen LogP) is 5.48. The third-order valence-electron chi connectivity index (χ3n) is 5.10. The zero-order chi connectivity index (χ0) is 23.0. The number of nitro groups is 1. The highest BCUT2D eigenvalue weighted by molar-refractivity contribution is 6.24. The van der Waals surface area contributed by atoms with Gasteiger partial charge in [-0.1, -0.05) is 72.8 Å². The van der Waals surface area contributed by atoms with Crippen molar-refractivity contribution in [2.45, 2.75) is 0 Å². The summed E-state index contributed by atoms with van der Waals surface area (Å²) in [5, 5.41) is 16.2. The highest BCUT2D eigenvalue weighted by atomic mass is 16.6. The number of non-ortho nitro benzene ring substituents is 1. The molecule has 0 aliphatic rings. The van der Waals surface area contributed by atoms with Crippen LogP contribution in [0.5, 0.6) is 5.75 Å². The van der Waals surface area contributed by atoms with Crippen molar-refractivity contribution in [2.24, 2.45) is 0 Å². The average Bonchev–Trinajstić information content (AvgIpc) is 2.85. The molecule has 0 saturated carbocycles. The highest BCUT2D eigenvalue weighted by Gasteiger charge is 2.13. The number of nitrogens with zero attached hydrogens (tertiary/aromatic N) is 1. The molecule has 0 saturated heterocycles. The maximum Gasteiger partial charge on any atom is 0.270 e. The number of fused-ring (bicyclic) bond motifs is 1. The van der Waals surface area contributed by atoms with E-state index in [0.29, 0.717) is 24.3 Å². The number of ether oxygens (including phenoxy) is 1. The Kier molecular flexibility index (Phi) is 6.75. The summed E-state index contributed by atoms with van der Waals surface area (Å²) in [6.45, 7) is 0.619. The number of benzene rings is 4. The van der Waals surface area contributed by atoms with Crippen LogP contribution in [-0.2, 0) is 4.79 Å². The lowest BCUT2D eigenvalue weighted by Crippen LogP contribution is -2.28. The van der Waals surface area contributed by atoms with Gasteiger partial charge in [0.15, 0.2) is 0 Å². The largest absolute Gasteiger partial charge is 0.492 e. The molecule has 0 spiro atoms. The molecular formula is C27H22N2O4. The van der Waals surface area contributed by atoms with Crippen LogP contribution in [0.2, 0.25) is 0 Å². The number of carbonyl (C=O) groups excluding carboxylic acids is 1. The Hall–Kier alpha value is -4.45. The SMILES string of the molecule is O=C(NCCOc1ccc2ccccc2c1)/C(=C/c1cccc([N+](=O)[O-])c1)c1ccccc1. The predicted molar refractivity (Wildman–Crippen MR) is 130 cm³/mol. The smallest absolute Gasteiger partial charge is 0.270 e. The van der Waals surface area contributed by atoms with E-state index in [1.807, 2.05) is 72.8 Å². The summed E-state index contributed by atoms with van der Waals surface area (Å²) in [4.78, 5) is 23.6. The molecule has 4 aromatic rings. The van der Waals surface area contributed by atoms with Gasteiger partial charge in [0, 0.05) is 17.7 Å². The molecular weight excluding hydrogens is 416 g/mol. The summed E-state index contributed by atoms with van der Waals surface area (Å²) in [6.07, 6.45) is 1.65. The standard InChI is InChI=1S/C27H22N2O4/c30-27(28-15-16-33-25-14-13-21-8-4-5-11-23(21)19-25)26(22-9-2-1-3-10-22)18-20-7-6-12-24(17-20)29(31)32/h1-14,17-19H,15-16H2,(H,28,30)/b26-18+. The van der Waals surface area contributed by atoms with Crippen molar-refractivity contribution < 1.29 is 14.5 Å². The molecule has 0 unspecified atom stereocenters. The Morgan fingerprint density at radius 2 is 1.64 bits per heavy atom. The second-order valence-electron chi connectivity index (χ2n) is 7.39. The summed E-state index contributed by atoms with van der Waals surface area (Å²) < 4.78 is 5.80. The zero-order valence-electron chi connectivity index (χ0n) is 17.8. The van der Waals surface area contributed by atoms with Crippen molar-refractivity contribution in [1.82, 2.24) is 5.32 Å². The first-order valence-corrected chi connectivity index (χ1v) is 10.5. The summed E-state index contributed by atoms with van der Waals surface area (Å²) in [7, 11) is 0. The van der Waals surface area contributed by atoms with Gasteiger partial charge in [0.05, 0.1) is 11.5 Å². The van der Waals surface area contributed by atoms with Crippen LogP contribution in [0.3, 0.4) is 0 Å². The summed E-state index contributed by atoms with van der Waals surface area (Å²) in [5.41, 5.74) is 1.68. The van der Waals surface area contributed by atoms with Crippen molar-refractivity contribution in [1.29, 1.82) is 0 Å². The van der Waals surface area contributed by atoms with E-state index in [0.717, 1.165) is 22.1 Å². The molecule has 6 heteroatoms. The molecule has 33 heavy (non-hydrogen) atoms. The second-order valence-corrected chi connectivity index (χ2v) is 7.39. The minimum atomic E-state index is -0.455. The van der Waals surface area contributed by atoms with Gasteiger partial charge in [0.2, 0.25) is 0 Å². The van der Waals surface area contributed by atoms with Crippen LogP contribution in [-0.4, -0.2) is 24.0 Å². The van der Waals surface area contributed by atoms with E-state index in [4.69, 9.17) is 4.74 Å². The third-order valence-corrected chi connectivity index (χ3v) is 5.10. The van der Waals surface area contributed by atoms with Crippen LogP contribution < -0.4 is 10.1 Å². The second kappa shape index (κ2) is 10.2. The molecule has 0 radical (unpaired) electrons. The van der Waals surface area contributed by atoms with Gasteiger partial charge in [-0.3, -0.25) is 14.9 Å². The van der Waals surface area contributed by atoms with Crippen LogP contribution in [0.25, 0.3) is 22.4 Å². The lowest BCUT2D eigenvalue weighted by atomic mass is 10.0. The lowest BCUT2D eigenvalue weighted by molar-refractivity contribution is -0.384. The number of amides is 1. The van der Waals surface area contributed by atoms with E-state index >= 15 is 0 Å². The molecule has 0 bridgehead atoms. The maximum atomic E-state index is 13.0. The molecule has 4 rings (SSSR count). The summed E-state index contributed by atoms with van der Waals surface area (Å²) in [5.74, 6) is 0.452. The molecule has 6 nitrogen and oxygen atoms in total. The third kappa shape index (κ3) is 5.62. The van der Waals surface area contributed by atoms with Gasteiger partial charge in [0.25, 0.3) is 11.6 Å². The number of nitrogens with one attached hydrogen (secondary N) is 1. The van der Waals surface area contributed by atoms with Crippen LogP contribution >= 0.6 is 0 Å². The number of rotatable bonds is 8. The summed E-state index contributed by atoms with van der Waals surface area (Å²) >= 11 is 0. The van der Waals surface area contributed by atoms with Gasteiger partial charge < -0.3 is 10.1 Å². The first kappa shape index (κ1) is 21.8. The first-order valence-electron chi connectivity index (χ1n) is 10.5. The van der Waals surface area contributed by atoms with E-state index in [1.165, 1.54) is 12.1 Å². The maximum absolute atomic E-state index is 13.0. The fourth-order valence-corrected chi connectivity index (χ4v) is 3.48. The lowest BCUT2D eigenvalue weighted by Gasteiger charge is -2.11. The van der Waals surface area contributed by atoms with Crippen molar-refractivity contribution in [3.8, 4) is 5.75 Å². The Balaban J connectivity index is 1.45. The number of nitro benzene ring substituents is 1. The monoisotopic (exact) mass is 438 g/mol. The van der Waals surface area contributed by atoms with Crippen molar-refractivity contribution in [2.75, 3.05) is 13.2 Å². The minimum absolute atomic E-state index is 0.0274. The molecule has 0 heterocycles. The fraction of sp³-hybridized carbons (Fsp3) is 0.0741. The molecule has 0 atom stereocenters. The normalized spacial score (nSPS) is 11.2. The van der Waals surface area contributed by atoms with Crippen molar-refractivity contribution in [3.05, 3.63) is 118 Å². The van der Waals surface area contributed by atoms with E-state index in [-0.39, 0.29) is 11.6 Å². The van der Waals surface area contributed by atoms with E-state index in [2.05, 4.69) is 5.32 Å². The zero-order valence-corrected chi connectivity index (χ0v) is 17.8. The summed E-state index contributed by atoms with van der Waals surface area (Å²) in [6, 6.07) is 29.3. The molecule has 1 N–H and O–H groups in total. The highest BCUT2D eigenvalue weighted by Crippen LogP contribution is 2.22. The molecule has 0 fully saturated rings. The van der Waals surface area contributed by atoms with E-state index in [9.17, 15) is 14.9 Å². The molecule has 0 aliphatic carbocycles. The molecule has 4 aromatic carbocycles. The number of hydrogen-bond acceptors (Lipinski definition) is 4. The Labute approximate surface area is 191 Å². The first-order chi connectivity index (χ1) is 16.1. The van der Waals surface area contributed by atoms with Gasteiger partial charge in [-0.05, 0) is 40.1 Å². The minimum Gasteiger partial charge on any atom is -0.492 e. The fourth-order valence-electron chi connectivity index (χ4n) is 3.48.